The molecule has 0 amide bonds. The van der Waals surface area contributed by atoms with E-state index in [9.17, 15) is 8.78 Å². The number of aromatic nitrogens is 2. The normalized spacial score (nSPS) is 13.3. The second kappa shape index (κ2) is 6.10. The van der Waals surface area contributed by atoms with Crippen molar-refractivity contribution in [2.24, 2.45) is 0 Å². The van der Waals surface area contributed by atoms with Crippen molar-refractivity contribution < 1.29 is 8.78 Å². The first-order valence-electron chi connectivity index (χ1n) is 6.63. The molecule has 0 spiro atoms. The van der Waals surface area contributed by atoms with Gasteiger partial charge in [-0.3, -0.25) is 0 Å². The van der Waals surface area contributed by atoms with Crippen molar-refractivity contribution in [3.8, 4) is 0 Å². The molecule has 0 fully saturated rings. The lowest BCUT2D eigenvalue weighted by atomic mass is 10.2. The molecule has 1 N–H and O–H groups in total. The van der Waals surface area contributed by atoms with Gasteiger partial charge in [0.05, 0.1) is 17.1 Å². The molecule has 1 atom stereocenters. The summed E-state index contributed by atoms with van der Waals surface area (Å²) in [5.74, 6) is 0.718. The molecule has 5 heteroatoms. The van der Waals surface area contributed by atoms with Crippen LogP contribution in [0.25, 0.3) is 11.0 Å². The molecule has 0 radical (unpaired) electrons. The molecule has 0 saturated carbocycles. The first-order chi connectivity index (χ1) is 9.17. The molecule has 19 heavy (non-hydrogen) atoms. The molecule has 2 rings (SSSR count). The quantitative estimate of drug-likeness (QED) is 0.872. The van der Waals surface area contributed by atoms with Crippen molar-refractivity contribution in [2.45, 2.75) is 39.3 Å². The van der Waals surface area contributed by atoms with Crippen LogP contribution in [-0.4, -0.2) is 28.6 Å². The number of fused-ring (bicyclic) bond motifs is 1. The Labute approximate surface area is 111 Å². The lowest BCUT2D eigenvalue weighted by molar-refractivity contribution is 0.0978. The third kappa shape index (κ3) is 2.92. The van der Waals surface area contributed by atoms with E-state index in [4.69, 9.17) is 0 Å². The second-order valence-electron chi connectivity index (χ2n) is 4.46. The van der Waals surface area contributed by atoms with Gasteiger partial charge >= 0.3 is 0 Å². The minimum Gasteiger partial charge on any atom is -0.328 e. The van der Waals surface area contributed by atoms with E-state index in [1.807, 2.05) is 42.7 Å². The van der Waals surface area contributed by atoms with Crippen LogP contribution in [0.2, 0.25) is 0 Å². The maximum atomic E-state index is 13.0. The Morgan fingerprint density at radius 3 is 2.63 bits per heavy atom. The average molecular weight is 267 g/mol. The summed E-state index contributed by atoms with van der Waals surface area (Å²) in [6.07, 6.45) is -2.14. The largest absolute Gasteiger partial charge is 0.328 e. The molecular formula is C14H19F2N3. The Balaban J connectivity index is 2.33. The summed E-state index contributed by atoms with van der Waals surface area (Å²) in [5, 5.41) is 2.82. The maximum Gasteiger partial charge on any atom is 0.254 e. The summed E-state index contributed by atoms with van der Waals surface area (Å²) in [6.45, 7) is 5.10. The second-order valence-corrected chi connectivity index (χ2v) is 4.46. The molecule has 0 aliphatic heterocycles. The van der Waals surface area contributed by atoms with E-state index in [1.165, 1.54) is 0 Å². The van der Waals surface area contributed by atoms with Crippen LogP contribution in [0.1, 0.15) is 19.7 Å². The van der Waals surface area contributed by atoms with E-state index in [2.05, 4.69) is 10.3 Å². The van der Waals surface area contributed by atoms with Gasteiger partial charge in [0.2, 0.25) is 0 Å². The van der Waals surface area contributed by atoms with E-state index in [-0.39, 0.29) is 6.42 Å². The predicted octanol–water partition coefficient (Wildman–Crippen LogP) is 2.84. The fraction of sp³-hybridized carbons (Fsp3) is 0.500. The van der Waals surface area contributed by atoms with Crippen LogP contribution in [-0.2, 0) is 13.0 Å². The molecule has 0 aliphatic rings. The molecule has 0 saturated heterocycles. The Bertz CT molecular complexity index is 536. The van der Waals surface area contributed by atoms with Crippen molar-refractivity contribution in [2.75, 3.05) is 6.54 Å². The third-order valence-electron chi connectivity index (χ3n) is 3.22. The molecule has 0 aliphatic carbocycles. The van der Waals surface area contributed by atoms with Gasteiger partial charge in [-0.25, -0.2) is 13.8 Å². The van der Waals surface area contributed by atoms with E-state index >= 15 is 0 Å². The summed E-state index contributed by atoms with van der Waals surface area (Å²) >= 11 is 0. The number of alkyl halides is 2. The monoisotopic (exact) mass is 267 g/mol. The summed E-state index contributed by atoms with van der Waals surface area (Å²) in [4.78, 5) is 4.48. The van der Waals surface area contributed by atoms with E-state index < -0.39 is 12.5 Å². The summed E-state index contributed by atoms with van der Waals surface area (Å²) in [6, 6.07) is 6.89. The molecule has 104 valence electrons. The lowest BCUT2D eigenvalue weighted by Gasteiger charge is -2.17. The van der Waals surface area contributed by atoms with Crippen molar-refractivity contribution in [1.82, 2.24) is 14.9 Å². The topological polar surface area (TPSA) is 29.9 Å². The highest BCUT2D eigenvalue weighted by Gasteiger charge is 2.22. The van der Waals surface area contributed by atoms with Crippen molar-refractivity contribution in [3.63, 3.8) is 0 Å². The number of para-hydroxylation sites is 2. The molecule has 1 heterocycles. The van der Waals surface area contributed by atoms with Crippen molar-refractivity contribution in [3.05, 3.63) is 30.1 Å². The van der Waals surface area contributed by atoms with Crippen LogP contribution in [0.15, 0.2) is 24.3 Å². The zero-order valence-electron chi connectivity index (χ0n) is 11.2. The first kappa shape index (κ1) is 13.9. The standard InChI is InChI=1S/C14H19F2N3/c1-3-17-11(14(15)16)9-13-18-10-7-5-6-8-12(10)19(13)4-2/h5-8,11,14,17H,3-4,9H2,1-2H3. The molecule has 1 aromatic heterocycles. The Morgan fingerprint density at radius 2 is 2.00 bits per heavy atom. The minimum absolute atomic E-state index is 0.244. The fourth-order valence-electron chi connectivity index (χ4n) is 2.34. The molecule has 1 unspecified atom stereocenters. The van der Waals surface area contributed by atoms with Gasteiger partial charge < -0.3 is 9.88 Å². The van der Waals surface area contributed by atoms with Gasteiger partial charge in [0, 0.05) is 13.0 Å². The Kier molecular flexibility index (Phi) is 4.47. The highest BCUT2D eigenvalue weighted by atomic mass is 19.3. The molecular weight excluding hydrogens is 248 g/mol. The number of halogens is 2. The number of benzene rings is 1. The first-order valence-corrected chi connectivity index (χ1v) is 6.63. The predicted molar refractivity (Wildman–Crippen MR) is 72.6 cm³/mol. The molecule has 0 bridgehead atoms. The lowest BCUT2D eigenvalue weighted by Crippen LogP contribution is -2.38. The summed E-state index contributed by atoms with van der Waals surface area (Å²) in [5.41, 5.74) is 1.87. The van der Waals surface area contributed by atoms with E-state index in [0.29, 0.717) is 6.54 Å². The van der Waals surface area contributed by atoms with Crippen molar-refractivity contribution >= 4 is 11.0 Å². The number of aryl methyl sites for hydroxylation is 1. The highest BCUT2D eigenvalue weighted by Crippen LogP contribution is 2.18. The Hall–Kier alpha value is -1.49. The summed E-state index contributed by atoms with van der Waals surface area (Å²) < 4.78 is 27.9. The van der Waals surface area contributed by atoms with Crippen LogP contribution in [0, 0.1) is 0 Å². The minimum atomic E-state index is -2.38. The van der Waals surface area contributed by atoms with E-state index in [1.54, 1.807) is 0 Å². The van der Waals surface area contributed by atoms with Crippen LogP contribution >= 0.6 is 0 Å². The van der Waals surface area contributed by atoms with Crippen molar-refractivity contribution in [1.29, 1.82) is 0 Å². The smallest absolute Gasteiger partial charge is 0.254 e. The fourth-order valence-corrected chi connectivity index (χ4v) is 2.34. The SMILES string of the molecule is CCNC(Cc1nc2ccccc2n1CC)C(F)F. The summed E-state index contributed by atoms with van der Waals surface area (Å²) in [7, 11) is 0. The molecule has 2 aromatic rings. The molecule has 3 nitrogen and oxygen atoms in total. The Morgan fingerprint density at radius 1 is 1.26 bits per heavy atom. The van der Waals surface area contributed by atoms with Gasteiger partial charge in [-0.1, -0.05) is 19.1 Å². The molecule has 1 aromatic carbocycles. The number of hydrogen-bond acceptors (Lipinski definition) is 2. The number of rotatable bonds is 6. The maximum absolute atomic E-state index is 13.0. The third-order valence-corrected chi connectivity index (χ3v) is 3.22. The zero-order chi connectivity index (χ0) is 13.8. The number of nitrogens with zero attached hydrogens (tertiary/aromatic N) is 2. The van der Waals surface area contributed by atoms with Crippen LogP contribution < -0.4 is 5.32 Å². The van der Waals surface area contributed by atoms with Gasteiger partial charge in [-0.2, -0.15) is 0 Å². The highest BCUT2D eigenvalue weighted by molar-refractivity contribution is 5.75. The number of imidazole rings is 1. The van der Waals surface area contributed by atoms with Gasteiger partial charge in [-0.15, -0.1) is 0 Å². The van der Waals surface area contributed by atoms with Crippen LogP contribution in [0.3, 0.4) is 0 Å². The van der Waals surface area contributed by atoms with Gasteiger partial charge in [-0.05, 0) is 25.6 Å². The number of likely N-dealkylation sites (N-methyl/N-ethyl adjacent to an activating group) is 1. The van der Waals surface area contributed by atoms with Crippen LogP contribution in [0.5, 0.6) is 0 Å². The van der Waals surface area contributed by atoms with Gasteiger partial charge in [0.15, 0.2) is 0 Å². The zero-order valence-corrected chi connectivity index (χ0v) is 11.2. The average Bonchev–Trinajstić information content (AvgIpc) is 2.75. The van der Waals surface area contributed by atoms with E-state index in [0.717, 1.165) is 23.4 Å². The number of hydrogen-bond donors (Lipinski definition) is 1. The number of nitrogens with one attached hydrogen (secondary N) is 1. The van der Waals surface area contributed by atoms with Gasteiger partial charge in [0.1, 0.15) is 5.82 Å². The van der Waals surface area contributed by atoms with Gasteiger partial charge in [0.25, 0.3) is 6.43 Å². The van der Waals surface area contributed by atoms with Crippen LogP contribution in [0.4, 0.5) is 8.78 Å².